The van der Waals surface area contributed by atoms with E-state index in [2.05, 4.69) is 16.4 Å². The molecule has 1 N–H and O–H groups in total. The molecule has 18 heavy (non-hydrogen) atoms. The number of aromatic nitrogens is 1. The maximum atomic E-state index is 8.87. The Balaban J connectivity index is 2.01. The fourth-order valence-electron chi connectivity index (χ4n) is 1.78. The minimum Gasteiger partial charge on any atom is -0.445 e. The van der Waals surface area contributed by atoms with Gasteiger partial charge in [0, 0.05) is 6.04 Å². The quantitative estimate of drug-likeness (QED) is 0.874. The number of oxazole rings is 1. The van der Waals surface area contributed by atoms with Crippen molar-refractivity contribution < 1.29 is 4.42 Å². The molecule has 4 heteroatoms. The first-order chi connectivity index (χ1) is 8.79. The van der Waals surface area contributed by atoms with Crippen LogP contribution in [0.3, 0.4) is 0 Å². The molecule has 0 saturated carbocycles. The largest absolute Gasteiger partial charge is 0.445 e. The van der Waals surface area contributed by atoms with Gasteiger partial charge in [0.25, 0.3) is 0 Å². The molecule has 1 aromatic heterocycles. The Morgan fingerprint density at radius 1 is 1.39 bits per heavy atom. The molecule has 1 heterocycles. The topological polar surface area (TPSA) is 61.9 Å². The monoisotopic (exact) mass is 241 g/mol. The molecule has 2 rings (SSSR count). The highest BCUT2D eigenvalue weighted by Crippen LogP contribution is 2.16. The minimum atomic E-state index is 0.00315. The molecular weight excluding hydrogens is 226 g/mol. The van der Waals surface area contributed by atoms with Crippen LogP contribution in [0.5, 0.6) is 0 Å². The van der Waals surface area contributed by atoms with Gasteiger partial charge in [-0.2, -0.15) is 5.26 Å². The first-order valence-electron chi connectivity index (χ1n) is 5.86. The Hall–Kier alpha value is -2.12. The maximum Gasteiger partial charge on any atom is 0.208 e. The van der Waals surface area contributed by atoms with Gasteiger partial charge in [-0.15, -0.1) is 0 Å². The van der Waals surface area contributed by atoms with E-state index in [0.29, 0.717) is 18.9 Å². The number of rotatable bonds is 5. The number of nitrogens with zero attached hydrogens (tertiary/aromatic N) is 2. The van der Waals surface area contributed by atoms with Crippen LogP contribution in [0.25, 0.3) is 0 Å². The molecular formula is C14H15N3O. The second-order valence-corrected chi connectivity index (χ2v) is 4.07. The Bertz CT molecular complexity index is 527. The van der Waals surface area contributed by atoms with Crippen molar-refractivity contribution in [3.05, 3.63) is 53.7 Å². The fourth-order valence-corrected chi connectivity index (χ4v) is 1.78. The van der Waals surface area contributed by atoms with E-state index in [1.807, 2.05) is 37.3 Å². The first-order valence-corrected chi connectivity index (χ1v) is 5.86. The molecule has 0 spiro atoms. The molecule has 0 radical (unpaired) electrons. The zero-order valence-corrected chi connectivity index (χ0v) is 10.3. The summed E-state index contributed by atoms with van der Waals surface area (Å²) in [6.07, 6.45) is 2.11. The summed E-state index contributed by atoms with van der Waals surface area (Å²) in [4.78, 5) is 4.13. The van der Waals surface area contributed by atoms with Gasteiger partial charge in [-0.1, -0.05) is 30.3 Å². The van der Waals surface area contributed by atoms with Crippen molar-refractivity contribution in [3.8, 4) is 6.07 Å². The highest BCUT2D eigenvalue weighted by molar-refractivity contribution is 5.19. The molecule has 0 aliphatic heterocycles. The number of hydrogen-bond donors (Lipinski definition) is 1. The summed E-state index contributed by atoms with van der Waals surface area (Å²) >= 11 is 0. The summed E-state index contributed by atoms with van der Waals surface area (Å²) in [6.45, 7) is 2.38. The third kappa shape index (κ3) is 3.19. The van der Waals surface area contributed by atoms with Crippen LogP contribution in [0.15, 0.2) is 40.9 Å². The first kappa shape index (κ1) is 12.3. The number of nitrogens with one attached hydrogen (secondary N) is 1. The summed E-state index contributed by atoms with van der Waals surface area (Å²) < 4.78 is 5.39. The van der Waals surface area contributed by atoms with Gasteiger partial charge in [0.15, 0.2) is 0 Å². The second kappa shape index (κ2) is 5.99. The predicted octanol–water partition coefficient (Wildman–Crippen LogP) is 2.73. The van der Waals surface area contributed by atoms with E-state index in [1.54, 1.807) is 6.20 Å². The van der Waals surface area contributed by atoms with E-state index in [0.717, 1.165) is 11.3 Å². The van der Waals surface area contributed by atoms with Crippen molar-refractivity contribution in [2.24, 2.45) is 0 Å². The summed E-state index contributed by atoms with van der Waals surface area (Å²) in [7, 11) is 0. The van der Waals surface area contributed by atoms with Gasteiger partial charge in [-0.25, -0.2) is 4.98 Å². The van der Waals surface area contributed by atoms with Crippen molar-refractivity contribution in [1.29, 1.82) is 5.26 Å². The molecule has 0 fully saturated rings. The summed E-state index contributed by atoms with van der Waals surface area (Å²) in [6, 6.07) is 12.1. The van der Waals surface area contributed by atoms with E-state index in [9.17, 15) is 0 Å². The molecule has 2 aromatic rings. The SMILES string of the molecule is Cc1cnc(CNC(CC#N)c2ccccc2)o1. The summed E-state index contributed by atoms with van der Waals surface area (Å²) in [5.74, 6) is 1.44. The highest BCUT2D eigenvalue weighted by Gasteiger charge is 2.11. The van der Waals surface area contributed by atoms with Crippen LogP contribution in [0.1, 0.15) is 29.7 Å². The fraction of sp³-hybridized carbons (Fsp3) is 0.286. The van der Waals surface area contributed by atoms with Crippen molar-refractivity contribution in [3.63, 3.8) is 0 Å². The van der Waals surface area contributed by atoms with Gasteiger partial charge in [-0.05, 0) is 12.5 Å². The third-order valence-electron chi connectivity index (χ3n) is 2.67. The van der Waals surface area contributed by atoms with E-state index in [1.165, 1.54) is 0 Å². The van der Waals surface area contributed by atoms with Gasteiger partial charge in [-0.3, -0.25) is 0 Å². The molecule has 92 valence electrons. The van der Waals surface area contributed by atoms with Gasteiger partial charge < -0.3 is 9.73 Å². The van der Waals surface area contributed by atoms with Crippen LogP contribution in [0, 0.1) is 18.3 Å². The Morgan fingerprint density at radius 2 is 2.17 bits per heavy atom. The Kier molecular flexibility index (Phi) is 4.11. The number of benzene rings is 1. The standard InChI is InChI=1S/C14H15N3O/c1-11-9-17-14(18-11)10-16-13(7-8-15)12-5-3-2-4-6-12/h2-6,9,13,16H,7,10H2,1H3. The lowest BCUT2D eigenvalue weighted by atomic mass is 10.0. The average Bonchev–Trinajstić information content (AvgIpc) is 2.81. The van der Waals surface area contributed by atoms with Crippen molar-refractivity contribution in [2.75, 3.05) is 0 Å². The van der Waals surface area contributed by atoms with Crippen molar-refractivity contribution in [1.82, 2.24) is 10.3 Å². The molecule has 4 nitrogen and oxygen atoms in total. The molecule has 1 atom stereocenters. The van der Waals surface area contributed by atoms with Gasteiger partial charge in [0.1, 0.15) is 5.76 Å². The third-order valence-corrected chi connectivity index (χ3v) is 2.67. The molecule has 1 aromatic carbocycles. The second-order valence-electron chi connectivity index (χ2n) is 4.07. The lowest BCUT2D eigenvalue weighted by molar-refractivity contribution is 0.425. The lowest BCUT2D eigenvalue weighted by Crippen LogP contribution is -2.20. The van der Waals surface area contributed by atoms with Crippen LogP contribution in [-0.4, -0.2) is 4.98 Å². The normalized spacial score (nSPS) is 12.0. The van der Waals surface area contributed by atoms with Crippen LogP contribution < -0.4 is 5.32 Å². The number of aryl methyl sites for hydroxylation is 1. The smallest absolute Gasteiger partial charge is 0.208 e. The molecule has 0 amide bonds. The number of hydrogen-bond acceptors (Lipinski definition) is 4. The van der Waals surface area contributed by atoms with Gasteiger partial charge in [0.05, 0.1) is 25.2 Å². The average molecular weight is 241 g/mol. The van der Waals surface area contributed by atoms with Crippen LogP contribution in [0.4, 0.5) is 0 Å². The molecule has 0 saturated heterocycles. The van der Waals surface area contributed by atoms with Crippen molar-refractivity contribution >= 4 is 0 Å². The van der Waals surface area contributed by atoms with E-state index >= 15 is 0 Å². The predicted molar refractivity (Wildman–Crippen MR) is 67.5 cm³/mol. The molecule has 0 bridgehead atoms. The van der Waals surface area contributed by atoms with E-state index in [4.69, 9.17) is 9.68 Å². The zero-order valence-electron chi connectivity index (χ0n) is 10.3. The molecule has 1 unspecified atom stereocenters. The van der Waals surface area contributed by atoms with Crippen molar-refractivity contribution in [2.45, 2.75) is 25.9 Å². The highest BCUT2D eigenvalue weighted by atomic mass is 16.4. The van der Waals surface area contributed by atoms with Crippen LogP contribution >= 0.6 is 0 Å². The van der Waals surface area contributed by atoms with Gasteiger partial charge in [0.2, 0.25) is 5.89 Å². The number of nitriles is 1. The maximum absolute atomic E-state index is 8.87. The van der Waals surface area contributed by atoms with Crippen LogP contribution in [0.2, 0.25) is 0 Å². The lowest BCUT2D eigenvalue weighted by Gasteiger charge is -2.14. The summed E-state index contributed by atoms with van der Waals surface area (Å²) in [5.41, 5.74) is 1.10. The van der Waals surface area contributed by atoms with E-state index in [-0.39, 0.29) is 6.04 Å². The Labute approximate surface area is 106 Å². The van der Waals surface area contributed by atoms with Gasteiger partial charge >= 0.3 is 0 Å². The minimum absolute atomic E-state index is 0.00315. The summed E-state index contributed by atoms with van der Waals surface area (Å²) in [5, 5.41) is 12.2. The zero-order chi connectivity index (χ0) is 12.8. The molecule has 0 aliphatic rings. The molecule has 0 aliphatic carbocycles. The Morgan fingerprint density at radius 3 is 2.78 bits per heavy atom. The van der Waals surface area contributed by atoms with E-state index < -0.39 is 0 Å². The van der Waals surface area contributed by atoms with Crippen LogP contribution in [-0.2, 0) is 6.54 Å².